The van der Waals surface area contributed by atoms with Crippen LogP contribution < -0.4 is 10.1 Å². The lowest BCUT2D eigenvalue weighted by Crippen LogP contribution is -2.44. The summed E-state index contributed by atoms with van der Waals surface area (Å²) < 4.78 is 10.4. The number of carboxylic acid groups (broad SMARTS) is 1. The molecule has 0 saturated carbocycles. The van der Waals surface area contributed by atoms with Crippen LogP contribution in [0.2, 0.25) is 0 Å². The monoisotopic (exact) mass is 323 g/mol. The molecule has 1 atom stereocenters. The van der Waals surface area contributed by atoms with Gasteiger partial charge < -0.3 is 19.9 Å². The van der Waals surface area contributed by atoms with Gasteiger partial charge in [0.25, 0.3) is 0 Å². The first kappa shape index (κ1) is 18.8. The summed E-state index contributed by atoms with van der Waals surface area (Å²) in [6.07, 6.45) is -0.571. The van der Waals surface area contributed by atoms with E-state index in [1.165, 1.54) is 0 Å². The Balaban J connectivity index is 2.91. The zero-order valence-corrected chi connectivity index (χ0v) is 14.5. The Kier molecular flexibility index (Phi) is 6.01. The summed E-state index contributed by atoms with van der Waals surface area (Å²) in [7, 11) is 1.59. The van der Waals surface area contributed by atoms with Crippen molar-refractivity contribution in [2.75, 3.05) is 7.11 Å². The fourth-order valence-electron chi connectivity index (χ4n) is 2.16. The van der Waals surface area contributed by atoms with E-state index in [-0.39, 0.29) is 6.42 Å². The van der Waals surface area contributed by atoms with Gasteiger partial charge in [-0.3, -0.25) is 0 Å². The van der Waals surface area contributed by atoms with Crippen LogP contribution in [0.1, 0.15) is 37.5 Å². The zero-order chi connectivity index (χ0) is 17.8. The molecule has 1 rings (SSSR count). The fraction of sp³-hybridized carbons (Fsp3) is 0.529. The number of hydrogen-bond acceptors (Lipinski definition) is 4. The molecule has 0 heterocycles. The third-order valence-corrected chi connectivity index (χ3v) is 3.27. The Morgan fingerprint density at radius 3 is 2.30 bits per heavy atom. The minimum absolute atomic E-state index is 0.172. The smallest absolute Gasteiger partial charge is 0.408 e. The number of alkyl carbamates (subject to hydrolysis) is 1. The standard InChI is InChI=1S/C17H25NO5/c1-10-8-14(22-6)11(2)7-12(10)9-13(15(19)20)18-16(21)23-17(3,4)5/h7-8,13H,9H2,1-6H3,(H,18,21)(H,19,20). The van der Waals surface area contributed by atoms with Gasteiger partial charge in [-0.05, 0) is 57.4 Å². The third-order valence-electron chi connectivity index (χ3n) is 3.27. The van der Waals surface area contributed by atoms with Crippen LogP contribution in [-0.2, 0) is 16.0 Å². The quantitative estimate of drug-likeness (QED) is 0.870. The van der Waals surface area contributed by atoms with Gasteiger partial charge in [-0.15, -0.1) is 0 Å². The zero-order valence-electron chi connectivity index (χ0n) is 14.5. The molecule has 0 bridgehead atoms. The van der Waals surface area contributed by atoms with Crippen LogP contribution in [0.5, 0.6) is 5.75 Å². The molecule has 128 valence electrons. The normalized spacial score (nSPS) is 12.4. The van der Waals surface area contributed by atoms with Gasteiger partial charge in [0.2, 0.25) is 0 Å². The van der Waals surface area contributed by atoms with Crippen LogP contribution in [0.3, 0.4) is 0 Å². The number of amides is 1. The summed E-state index contributed by atoms with van der Waals surface area (Å²) in [6, 6.07) is 2.68. The molecular weight excluding hydrogens is 298 g/mol. The molecule has 0 aliphatic heterocycles. The summed E-state index contributed by atoms with van der Waals surface area (Å²) >= 11 is 0. The van der Waals surface area contributed by atoms with Gasteiger partial charge in [0, 0.05) is 6.42 Å². The Bertz CT molecular complexity index is 589. The minimum Gasteiger partial charge on any atom is -0.496 e. The second-order valence-electron chi connectivity index (χ2n) is 6.49. The molecule has 0 spiro atoms. The van der Waals surface area contributed by atoms with Crippen LogP contribution in [0.25, 0.3) is 0 Å². The van der Waals surface area contributed by atoms with Crippen LogP contribution in [-0.4, -0.2) is 35.9 Å². The van der Waals surface area contributed by atoms with Crippen LogP contribution in [0.4, 0.5) is 4.79 Å². The van der Waals surface area contributed by atoms with Gasteiger partial charge in [0.1, 0.15) is 17.4 Å². The second kappa shape index (κ2) is 7.35. The SMILES string of the molecule is COc1cc(C)c(CC(NC(=O)OC(C)(C)C)C(=O)O)cc1C. The summed E-state index contributed by atoms with van der Waals surface area (Å²) in [4.78, 5) is 23.2. The van der Waals surface area contributed by atoms with E-state index in [1.807, 2.05) is 26.0 Å². The maximum Gasteiger partial charge on any atom is 0.408 e. The number of methoxy groups -OCH3 is 1. The third kappa shape index (κ3) is 5.81. The highest BCUT2D eigenvalue weighted by atomic mass is 16.6. The lowest BCUT2D eigenvalue weighted by molar-refractivity contribution is -0.139. The van der Waals surface area contributed by atoms with Crippen molar-refractivity contribution in [2.45, 2.75) is 52.7 Å². The molecule has 0 radical (unpaired) electrons. The van der Waals surface area contributed by atoms with Crippen molar-refractivity contribution in [3.63, 3.8) is 0 Å². The summed E-state index contributed by atoms with van der Waals surface area (Å²) in [5.41, 5.74) is 1.98. The highest BCUT2D eigenvalue weighted by molar-refractivity contribution is 5.80. The van der Waals surface area contributed by atoms with Crippen molar-refractivity contribution in [1.82, 2.24) is 5.32 Å². The molecular formula is C17H25NO5. The van der Waals surface area contributed by atoms with Crippen molar-refractivity contribution >= 4 is 12.1 Å². The van der Waals surface area contributed by atoms with Gasteiger partial charge in [-0.1, -0.05) is 6.07 Å². The van der Waals surface area contributed by atoms with E-state index in [1.54, 1.807) is 27.9 Å². The van der Waals surface area contributed by atoms with Crippen molar-refractivity contribution < 1.29 is 24.2 Å². The number of carbonyl (C=O) groups excluding carboxylic acids is 1. The highest BCUT2D eigenvalue weighted by Crippen LogP contribution is 2.23. The lowest BCUT2D eigenvalue weighted by Gasteiger charge is -2.22. The van der Waals surface area contributed by atoms with Gasteiger partial charge in [-0.25, -0.2) is 9.59 Å². The summed E-state index contributed by atoms with van der Waals surface area (Å²) in [5, 5.41) is 11.8. The number of ether oxygens (including phenoxy) is 2. The molecule has 0 aliphatic carbocycles. The van der Waals surface area contributed by atoms with Crippen LogP contribution in [0.15, 0.2) is 12.1 Å². The van der Waals surface area contributed by atoms with E-state index >= 15 is 0 Å². The molecule has 1 unspecified atom stereocenters. The van der Waals surface area contributed by atoms with Crippen LogP contribution >= 0.6 is 0 Å². The molecule has 23 heavy (non-hydrogen) atoms. The van der Waals surface area contributed by atoms with Crippen molar-refractivity contribution in [2.24, 2.45) is 0 Å². The molecule has 1 amide bonds. The van der Waals surface area contributed by atoms with E-state index in [9.17, 15) is 14.7 Å². The number of rotatable bonds is 5. The number of benzene rings is 1. The van der Waals surface area contributed by atoms with E-state index in [0.29, 0.717) is 0 Å². The Morgan fingerprint density at radius 2 is 1.83 bits per heavy atom. The number of carboxylic acids is 1. The maximum atomic E-state index is 11.8. The lowest BCUT2D eigenvalue weighted by atomic mass is 9.98. The second-order valence-corrected chi connectivity index (χ2v) is 6.49. The van der Waals surface area contributed by atoms with Gasteiger partial charge >= 0.3 is 12.1 Å². The number of hydrogen-bond donors (Lipinski definition) is 2. The van der Waals surface area contributed by atoms with E-state index in [4.69, 9.17) is 9.47 Å². The largest absolute Gasteiger partial charge is 0.496 e. The minimum atomic E-state index is -1.11. The Labute approximate surface area is 136 Å². The maximum absolute atomic E-state index is 11.8. The number of nitrogens with one attached hydrogen (secondary N) is 1. The summed E-state index contributed by atoms with van der Waals surface area (Å²) in [6.45, 7) is 8.93. The summed E-state index contributed by atoms with van der Waals surface area (Å²) in [5.74, 6) is -0.359. The molecule has 1 aromatic rings. The first-order valence-corrected chi connectivity index (χ1v) is 7.40. The number of carbonyl (C=O) groups is 2. The molecule has 0 saturated heterocycles. The van der Waals surface area contributed by atoms with Gasteiger partial charge in [0.15, 0.2) is 0 Å². The van der Waals surface area contributed by atoms with Crippen molar-refractivity contribution in [3.8, 4) is 5.75 Å². The molecule has 1 aromatic carbocycles. The van der Waals surface area contributed by atoms with Crippen molar-refractivity contribution in [1.29, 1.82) is 0 Å². The van der Waals surface area contributed by atoms with Gasteiger partial charge in [-0.2, -0.15) is 0 Å². The molecule has 2 N–H and O–H groups in total. The van der Waals surface area contributed by atoms with Crippen molar-refractivity contribution in [3.05, 3.63) is 28.8 Å². The molecule has 0 aliphatic rings. The molecule has 6 nitrogen and oxygen atoms in total. The first-order chi connectivity index (χ1) is 10.5. The van der Waals surface area contributed by atoms with E-state index in [2.05, 4.69) is 5.32 Å². The number of aryl methyl sites for hydroxylation is 2. The Hall–Kier alpha value is -2.24. The molecule has 6 heteroatoms. The Morgan fingerprint density at radius 1 is 1.22 bits per heavy atom. The average molecular weight is 323 g/mol. The fourth-order valence-corrected chi connectivity index (χ4v) is 2.16. The number of aliphatic carboxylic acids is 1. The average Bonchev–Trinajstić information content (AvgIpc) is 2.39. The van der Waals surface area contributed by atoms with Crippen LogP contribution in [0, 0.1) is 13.8 Å². The topological polar surface area (TPSA) is 84.9 Å². The highest BCUT2D eigenvalue weighted by Gasteiger charge is 2.25. The van der Waals surface area contributed by atoms with E-state index < -0.39 is 23.7 Å². The van der Waals surface area contributed by atoms with Gasteiger partial charge in [0.05, 0.1) is 7.11 Å². The predicted octanol–water partition coefficient (Wildman–Crippen LogP) is 2.83. The van der Waals surface area contributed by atoms with E-state index in [0.717, 1.165) is 22.4 Å². The first-order valence-electron chi connectivity index (χ1n) is 7.40. The molecule has 0 fully saturated rings. The molecule has 0 aromatic heterocycles. The predicted molar refractivity (Wildman–Crippen MR) is 87.0 cm³/mol.